The lowest BCUT2D eigenvalue weighted by Gasteiger charge is -2.20. The maximum atomic E-state index is 13.6. The molecule has 0 radical (unpaired) electrons. The number of hydrogen-bond donors (Lipinski definition) is 0. The van der Waals surface area contributed by atoms with Crippen molar-refractivity contribution in [3.05, 3.63) is 52.3 Å². The molecule has 7 heteroatoms. The Bertz CT molecular complexity index is 1190. The Morgan fingerprint density at radius 1 is 1.09 bits per heavy atom. The summed E-state index contributed by atoms with van der Waals surface area (Å²) in [5.74, 6) is 0.304. The van der Waals surface area contributed by atoms with Gasteiger partial charge in [-0.25, -0.2) is 8.42 Å². The maximum Gasteiger partial charge on any atom is 0.178 e. The van der Waals surface area contributed by atoms with Crippen LogP contribution in [0.25, 0.3) is 5.69 Å². The first-order valence-corrected chi connectivity index (χ1v) is 13.9. The summed E-state index contributed by atoms with van der Waals surface area (Å²) in [5, 5.41) is 9.70. The van der Waals surface area contributed by atoms with Crippen molar-refractivity contribution >= 4 is 15.6 Å². The Balaban J connectivity index is 1.69. The van der Waals surface area contributed by atoms with E-state index in [-0.39, 0.29) is 11.5 Å². The third-order valence-electron chi connectivity index (χ3n) is 7.43. The molecule has 2 aliphatic rings. The normalized spacial score (nSPS) is 20.3. The highest BCUT2D eigenvalue weighted by atomic mass is 32.2. The first-order valence-electron chi connectivity index (χ1n) is 11.9. The van der Waals surface area contributed by atoms with E-state index in [0.717, 1.165) is 28.2 Å². The molecule has 0 aliphatic carbocycles. The second-order valence-corrected chi connectivity index (χ2v) is 11.9. The van der Waals surface area contributed by atoms with Crippen molar-refractivity contribution in [2.75, 3.05) is 18.6 Å². The van der Waals surface area contributed by atoms with E-state index >= 15 is 0 Å². The number of fused-ring (bicyclic) bond motifs is 2. The van der Waals surface area contributed by atoms with Gasteiger partial charge < -0.3 is 4.57 Å². The summed E-state index contributed by atoms with van der Waals surface area (Å²) in [6.07, 6.45) is 7.96. The Hall–Kier alpha value is -2.43. The zero-order chi connectivity index (χ0) is 23.8. The maximum absolute atomic E-state index is 13.6. The number of carbonyl (C=O) groups is 1. The Labute approximate surface area is 197 Å². The van der Waals surface area contributed by atoms with Crippen LogP contribution in [0.4, 0.5) is 0 Å². The number of hydrogen-bond acceptors (Lipinski definition) is 5. The van der Waals surface area contributed by atoms with Crippen LogP contribution in [0.3, 0.4) is 0 Å². The van der Waals surface area contributed by atoms with Crippen LogP contribution in [-0.2, 0) is 16.3 Å². The molecule has 2 aliphatic heterocycles. The van der Waals surface area contributed by atoms with Gasteiger partial charge in [0.15, 0.2) is 5.78 Å². The SMILES string of the molecule is Cc1c(C(=O)CN2C3CCC2CC3)c(C)n(-c2ccccc2C#N)c1CCCCS(C)(=O)=O. The van der Waals surface area contributed by atoms with Crippen molar-refractivity contribution in [3.63, 3.8) is 0 Å². The molecule has 2 saturated heterocycles. The quantitative estimate of drug-likeness (QED) is 0.409. The van der Waals surface area contributed by atoms with Gasteiger partial charge in [-0.05, 0) is 76.5 Å². The van der Waals surface area contributed by atoms with Crippen molar-refractivity contribution in [2.45, 2.75) is 70.9 Å². The largest absolute Gasteiger partial charge is 0.316 e. The topological polar surface area (TPSA) is 83.2 Å². The molecular formula is C26H33N3O3S. The smallest absolute Gasteiger partial charge is 0.178 e. The van der Waals surface area contributed by atoms with Crippen LogP contribution in [0.15, 0.2) is 24.3 Å². The molecule has 0 N–H and O–H groups in total. The van der Waals surface area contributed by atoms with Crippen LogP contribution in [0.5, 0.6) is 0 Å². The standard InChI is InChI=1S/C26H33N3O3S/c1-18-23(9-6-7-15-33(3,31)32)29(24-10-5-4-8-20(24)16-27)19(2)26(18)25(30)17-28-21-11-12-22(28)14-13-21/h4-5,8,10,21-22H,6-7,9,11-15,17H2,1-3H3. The van der Waals surface area contributed by atoms with Crippen LogP contribution < -0.4 is 0 Å². The van der Waals surface area contributed by atoms with Gasteiger partial charge in [-0.2, -0.15) is 5.26 Å². The monoisotopic (exact) mass is 467 g/mol. The minimum Gasteiger partial charge on any atom is -0.316 e. The van der Waals surface area contributed by atoms with E-state index in [4.69, 9.17) is 0 Å². The average Bonchev–Trinajstić information content (AvgIpc) is 3.41. The lowest BCUT2D eigenvalue weighted by Crippen LogP contribution is -2.34. The van der Waals surface area contributed by atoms with E-state index in [0.29, 0.717) is 43.5 Å². The summed E-state index contributed by atoms with van der Waals surface area (Å²) in [6.45, 7) is 4.41. The van der Waals surface area contributed by atoms with Crippen molar-refractivity contribution < 1.29 is 13.2 Å². The Morgan fingerprint density at radius 3 is 2.33 bits per heavy atom. The van der Waals surface area contributed by atoms with Gasteiger partial charge in [0, 0.05) is 41.0 Å². The number of unbranched alkanes of at least 4 members (excludes halogenated alkanes) is 1. The number of nitriles is 1. The third kappa shape index (κ3) is 4.78. The van der Waals surface area contributed by atoms with E-state index in [1.165, 1.54) is 31.9 Å². The van der Waals surface area contributed by atoms with Crippen molar-refractivity contribution in [2.24, 2.45) is 0 Å². The highest BCUT2D eigenvalue weighted by Crippen LogP contribution is 2.38. The number of rotatable bonds is 9. The fourth-order valence-electron chi connectivity index (χ4n) is 5.88. The molecule has 4 rings (SSSR count). The molecule has 0 atom stereocenters. The van der Waals surface area contributed by atoms with E-state index in [9.17, 15) is 18.5 Å². The molecule has 3 heterocycles. The fraction of sp³-hybridized carbons (Fsp3) is 0.538. The number of sulfone groups is 1. The minimum atomic E-state index is -3.01. The van der Waals surface area contributed by atoms with E-state index in [2.05, 4.69) is 15.5 Å². The lowest BCUT2D eigenvalue weighted by molar-refractivity contribution is 0.0917. The number of aromatic nitrogens is 1. The second kappa shape index (κ2) is 9.44. The Kier molecular flexibility index (Phi) is 6.78. The molecule has 2 bridgehead atoms. The van der Waals surface area contributed by atoms with Crippen LogP contribution in [0, 0.1) is 25.2 Å². The molecule has 1 aromatic carbocycles. The van der Waals surface area contributed by atoms with Crippen molar-refractivity contribution in [3.8, 4) is 11.8 Å². The molecule has 33 heavy (non-hydrogen) atoms. The van der Waals surface area contributed by atoms with Gasteiger partial charge in [0.2, 0.25) is 0 Å². The molecule has 0 saturated carbocycles. The third-order valence-corrected chi connectivity index (χ3v) is 8.46. The van der Waals surface area contributed by atoms with Gasteiger partial charge in [0.25, 0.3) is 0 Å². The molecular weight excluding hydrogens is 434 g/mol. The van der Waals surface area contributed by atoms with Crippen LogP contribution in [0.2, 0.25) is 0 Å². The summed E-state index contributed by atoms with van der Waals surface area (Å²) < 4.78 is 25.2. The number of carbonyl (C=O) groups excluding carboxylic acids is 1. The predicted molar refractivity (Wildman–Crippen MR) is 130 cm³/mol. The molecule has 2 aromatic rings. The van der Waals surface area contributed by atoms with Gasteiger partial charge in [0.05, 0.1) is 17.8 Å². The molecule has 2 fully saturated rings. The number of ketones is 1. The van der Waals surface area contributed by atoms with E-state index in [1.54, 1.807) is 6.07 Å². The predicted octanol–water partition coefficient (Wildman–Crippen LogP) is 4.14. The summed E-state index contributed by atoms with van der Waals surface area (Å²) in [7, 11) is -3.01. The van der Waals surface area contributed by atoms with Crippen LogP contribution in [-0.4, -0.2) is 54.3 Å². The first kappa shape index (κ1) is 23.7. The van der Waals surface area contributed by atoms with Crippen LogP contribution in [0.1, 0.15) is 71.4 Å². The molecule has 176 valence electrons. The lowest BCUT2D eigenvalue weighted by atomic mass is 10.0. The fourth-order valence-corrected chi connectivity index (χ4v) is 6.60. The van der Waals surface area contributed by atoms with Crippen LogP contribution >= 0.6 is 0 Å². The molecule has 0 unspecified atom stereocenters. The summed E-state index contributed by atoms with van der Waals surface area (Å²) in [5.41, 5.74) is 4.91. The highest BCUT2D eigenvalue weighted by molar-refractivity contribution is 7.90. The van der Waals surface area contributed by atoms with Gasteiger partial charge in [-0.1, -0.05) is 12.1 Å². The number of Topliss-reactive ketones (excluding diaryl/α,β-unsaturated/α-hetero) is 1. The molecule has 6 nitrogen and oxygen atoms in total. The van der Waals surface area contributed by atoms with E-state index < -0.39 is 9.84 Å². The van der Waals surface area contributed by atoms with Gasteiger partial charge >= 0.3 is 0 Å². The molecule has 0 spiro atoms. The van der Waals surface area contributed by atoms with Crippen molar-refractivity contribution in [1.82, 2.24) is 9.47 Å². The first-order chi connectivity index (χ1) is 15.7. The number of para-hydroxylation sites is 1. The highest BCUT2D eigenvalue weighted by Gasteiger charge is 2.40. The zero-order valence-electron chi connectivity index (χ0n) is 19.8. The van der Waals surface area contributed by atoms with E-state index in [1.807, 2.05) is 32.0 Å². The number of nitrogens with zero attached hydrogens (tertiary/aromatic N) is 3. The van der Waals surface area contributed by atoms with Gasteiger partial charge in [-0.3, -0.25) is 9.69 Å². The zero-order valence-corrected chi connectivity index (χ0v) is 20.6. The molecule has 1 aromatic heterocycles. The number of benzene rings is 1. The van der Waals surface area contributed by atoms with Gasteiger partial charge in [0.1, 0.15) is 15.9 Å². The summed E-state index contributed by atoms with van der Waals surface area (Å²) in [6, 6.07) is 10.8. The second-order valence-electron chi connectivity index (χ2n) is 9.64. The van der Waals surface area contributed by atoms with Crippen molar-refractivity contribution in [1.29, 1.82) is 5.26 Å². The van der Waals surface area contributed by atoms with Gasteiger partial charge in [-0.15, -0.1) is 0 Å². The summed E-state index contributed by atoms with van der Waals surface area (Å²) >= 11 is 0. The molecule has 0 amide bonds. The minimum absolute atomic E-state index is 0.148. The summed E-state index contributed by atoms with van der Waals surface area (Å²) in [4.78, 5) is 16.0. The Morgan fingerprint density at radius 2 is 1.73 bits per heavy atom. The average molecular weight is 468 g/mol.